The largest absolute Gasteiger partial charge is 0.310 e. The normalized spacial score (nSPS) is 11.3. The second kappa shape index (κ2) is 6.51. The third-order valence-electron chi connectivity index (χ3n) is 2.10. The van der Waals surface area contributed by atoms with Gasteiger partial charge in [0.15, 0.2) is 0 Å². The Morgan fingerprint density at radius 3 is 2.73 bits per heavy atom. The maximum atomic E-state index is 4.65. The minimum absolute atomic E-state index is 0.542. The maximum absolute atomic E-state index is 4.65. The summed E-state index contributed by atoms with van der Waals surface area (Å²) in [5.74, 6) is 1.04. The van der Waals surface area contributed by atoms with Gasteiger partial charge < -0.3 is 5.32 Å². The molecule has 86 valence electrons. The summed E-state index contributed by atoms with van der Waals surface area (Å²) in [4.78, 5) is 6.07. The number of thioether (sulfide) groups is 1. The highest BCUT2D eigenvalue weighted by Crippen LogP contribution is 2.22. The molecule has 0 saturated heterocycles. The highest BCUT2D eigenvalue weighted by atomic mass is 32.2. The molecule has 15 heavy (non-hydrogen) atoms. The average molecular weight is 244 g/mol. The molecular formula is C11H20N2S2. The van der Waals surface area contributed by atoms with Gasteiger partial charge in [-0.15, -0.1) is 11.3 Å². The molecule has 0 atom stereocenters. The number of nitrogens with zero attached hydrogens (tertiary/aromatic N) is 1. The Morgan fingerprint density at radius 2 is 2.20 bits per heavy atom. The fourth-order valence-corrected chi connectivity index (χ4v) is 3.14. The molecule has 0 amide bonds. The summed E-state index contributed by atoms with van der Waals surface area (Å²) in [7, 11) is 0. The Morgan fingerprint density at radius 1 is 1.47 bits per heavy atom. The van der Waals surface area contributed by atoms with Crippen LogP contribution in [0, 0.1) is 0 Å². The van der Waals surface area contributed by atoms with Crippen LogP contribution in [0.2, 0.25) is 0 Å². The zero-order chi connectivity index (χ0) is 11.3. The van der Waals surface area contributed by atoms with Gasteiger partial charge in [-0.25, -0.2) is 4.98 Å². The Hall–Kier alpha value is -0.0600. The van der Waals surface area contributed by atoms with Crippen molar-refractivity contribution in [1.82, 2.24) is 10.3 Å². The van der Waals surface area contributed by atoms with Crippen molar-refractivity contribution >= 4 is 23.1 Å². The van der Waals surface area contributed by atoms with E-state index >= 15 is 0 Å². The smallest absolute Gasteiger partial charge is 0.103 e. The second-order valence-corrected chi connectivity index (χ2v) is 5.83. The van der Waals surface area contributed by atoms with Crippen molar-refractivity contribution in [2.75, 3.05) is 6.26 Å². The molecule has 0 aliphatic rings. The molecule has 2 nitrogen and oxygen atoms in total. The van der Waals surface area contributed by atoms with Gasteiger partial charge in [-0.2, -0.15) is 11.8 Å². The molecule has 0 radical (unpaired) electrons. The summed E-state index contributed by atoms with van der Waals surface area (Å²) in [5, 5.41) is 4.72. The van der Waals surface area contributed by atoms with Gasteiger partial charge >= 0.3 is 0 Å². The second-order valence-electron chi connectivity index (χ2n) is 3.80. The van der Waals surface area contributed by atoms with Crippen LogP contribution in [0.25, 0.3) is 0 Å². The fraction of sp³-hybridized carbons (Fsp3) is 0.727. The molecule has 1 rings (SSSR count). The van der Waals surface area contributed by atoms with Crippen LogP contribution in [0.3, 0.4) is 0 Å². The summed E-state index contributed by atoms with van der Waals surface area (Å²) in [6.45, 7) is 7.49. The zero-order valence-electron chi connectivity index (χ0n) is 9.96. The number of hydrogen-bond donors (Lipinski definition) is 1. The third-order valence-corrected chi connectivity index (χ3v) is 3.94. The molecule has 1 aromatic heterocycles. The molecule has 1 N–H and O–H groups in total. The minimum Gasteiger partial charge on any atom is -0.310 e. The zero-order valence-corrected chi connectivity index (χ0v) is 11.6. The van der Waals surface area contributed by atoms with Gasteiger partial charge in [0.25, 0.3) is 0 Å². The predicted molar refractivity (Wildman–Crippen MR) is 70.7 cm³/mol. The first-order valence-corrected chi connectivity index (χ1v) is 7.58. The van der Waals surface area contributed by atoms with Gasteiger partial charge in [-0.05, 0) is 12.7 Å². The Kier molecular flexibility index (Phi) is 5.64. The van der Waals surface area contributed by atoms with Crippen molar-refractivity contribution < 1.29 is 0 Å². The van der Waals surface area contributed by atoms with E-state index in [0.717, 1.165) is 18.7 Å². The van der Waals surface area contributed by atoms with Crippen LogP contribution in [0.4, 0.5) is 0 Å². The Labute approximate surface area is 101 Å². The minimum atomic E-state index is 0.542. The van der Waals surface area contributed by atoms with Crippen molar-refractivity contribution in [3.05, 3.63) is 15.6 Å². The summed E-state index contributed by atoms with van der Waals surface area (Å²) in [5.41, 5.74) is 1.28. The lowest BCUT2D eigenvalue weighted by Crippen LogP contribution is -2.21. The quantitative estimate of drug-likeness (QED) is 0.832. The first-order valence-electron chi connectivity index (χ1n) is 5.37. The molecule has 0 spiro atoms. The molecule has 0 fully saturated rings. The SMILES string of the molecule is CCc1nc(CSC)sc1CNC(C)C. The van der Waals surface area contributed by atoms with E-state index in [-0.39, 0.29) is 0 Å². The van der Waals surface area contributed by atoms with Crippen molar-refractivity contribution in [3.8, 4) is 0 Å². The maximum Gasteiger partial charge on any atom is 0.103 e. The van der Waals surface area contributed by atoms with Crippen LogP contribution in [0.5, 0.6) is 0 Å². The number of thiazole rings is 1. The van der Waals surface area contributed by atoms with E-state index in [9.17, 15) is 0 Å². The molecular weight excluding hydrogens is 224 g/mol. The number of nitrogens with one attached hydrogen (secondary N) is 1. The van der Waals surface area contributed by atoms with Gasteiger partial charge in [-0.1, -0.05) is 20.8 Å². The van der Waals surface area contributed by atoms with Crippen LogP contribution in [0.1, 0.15) is 36.3 Å². The molecule has 0 aliphatic carbocycles. The van der Waals surface area contributed by atoms with Crippen LogP contribution in [-0.2, 0) is 18.7 Å². The van der Waals surface area contributed by atoms with Crippen molar-refractivity contribution in [1.29, 1.82) is 0 Å². The van der Waals surface area contributed by atoms with E-state index in [1.807, 2.05) is 23.1 Å². The first kappa shape index (κ1) is 13.0. The number of hydrogen-bond acceptors (Lipinski definition) is 4. The monoisotopic (exact) mass is 244 g/mol. The van der Waals surface area contributed by atoms with E-state index in [0.29, 0.717) is 6.04 Å². The van der Waals surface area contributed by atoms with E-state index in [4.69, 9.17) is 0 Å². The highest BCUT2D eigenvalue weighted by molar-refractivity contribution is 7.97. The van der Waals surface area contributed by atoms with Crippen molar-refractivity contribution in [2.24, 2.45) is 0 Å². The number of aryl methyl sites for hydroxylation is 1. The summed E-state index contributed by atoms with van der Waals surface area (Å²) in [6, 6.07) is 0.542. The molecule has 0 saturated carbocycles. The molecule has 1 heterocycles. The van der Waals surface area contributed by atoms with Gasteiger partial charge in [-0.3, -0.25) is 0 Å². The topological polar surface area (TPSA) is 24.9 Å². The van der Waals surface area contributed by atoms with Gasteiger partial charge in [0.2, 0.25) is 0 Å². The van der Waals surface area contributed by atoms with Crippen molar-refractivity contribution in [3.63, 3.8) is 0 Å². The van der Waals surface area contributed by atoms with Gasteiger partial charge in [0.1, 0.15) is 5.01 Å². The molecule has 0 aliphatic heterocycles. The number of rotatable bonds is 6. The van der Waals surface area contributed by atoms with E-state index < -0.39 is 0 Å². The fourth-order valence-electron chi connectivity index (χ4n) is 1.33. The first-order chi connectivity index (χ1) is 7.17. The molecule has 0 aromatic carbocycles. The summed E-state index contributed by atoms with van der Waals surface area (Å²) in [6.07, 6.45) is 3.17. The molecule has 0 unspecified atom stereocenters. The molecule has 1 aromatic rings. The summed E-state index contributed by atoms with van der Waals surface area (Å²) >= 11 is 3.70. The predicted octanol–water partition coefficient (Wildman–Crippen LogP) is 3.07. The number of aromatic nitrogens is 1. The van der Waals surface area contributed by atoms with E-state index in [2.05, 4.69) is 37.3 Å². The lowest BCUT2D eigenvalue weighted by Gasteiger charge is -2.06. The van der Waals surface area contributed by atoms with Gasteiger partial charge in [0, 0.05) is 23.2 Å². The van der Waals surface area contributed by atoms with Crippen molar-refractivity contribution in [2.45, 2.75) is 45.5 Å². The lowest BCUT2D eigenvalue weighted by atomic mass is 10.3. The average Bonchev–Trinajstić information content (AvgIpc) is 2.58. The van der Waals surface area contributed by atoms with E-state index in [1.165, 1.54) is 15.6 Å². The Bertz CT molecular complexity index is 295. The van der Waals surface area contributed by atoms with Gasteiger partial charge in [0.05, 0.1) is 5.69 Å². The molecule has 0 bridgehead atoms. The van der Waals surface area contributed by atoms with Crippen LogP contribution in [-0.4, -0.2) is 17.3 Å². The van der Waals surface area contributed by atoms with Crippen LogP contribution >= 0.6 is 23.1 Å². The summed E-state index contributed by atoms with van der Waals surface area (Å²) < 4.78 is 0. The molecule has 4 heteroatoms. The standard InChI is InChI=1S/C11H20N2S2/c1-5-9-10(6-12-8(2)3)15-11(13-9)7-14-4/h8,12H,5-7H2,1-4H3. The van der Waals surface area contributed by atoms with Crippen LogP contribution in [0.15, 0.2) is 0 Å². The Balaban J connectivity index is 2.67. The highest BCUT2D eigenvalue weighted by Gasteiger charge is 2.09. The van der Waals surface area contributed by atoms with E-state index in [1.54, 1.807) is 0 Å². The lowest BCUT2D eigenvalue weighted by molar-refractivity contribution is 0.590. The van der Waals surface area contributed by atoms with Crippen LogP contribution < -0.4 is 5.32 Å². The third kappa shape index (κ3) is 4.13.